The summed E-state index contributed by atoms with van der Waals surface area (Å²) in [5.41, 5.74) is 0. The Labute approximate surface area is 121 Å². The Balaban J connectivity index is 1.90. The van der Waals surface area contributed by atoms with Gasteiger partial charge in [0.1, 0.15) is 0 Å². The minimum Gasteiger partial charge on any atom is -0.389 e. The molecule has 2 atom stereocenters. The lowest BCUT2D eigenvalue weighted by atomic mass is 10.1. The first-order valence-corrected chi connectivity index (χ1v) is 7.56. The molecule has 0 spiro atoms. The molecular weight excluding hydrogens is 260 g/mol. The van der Waals surface area contributed by atoms with Crippen LogP contribution in [0.3, 0.4) is 0 Å². The Kier molecular flexibility index (Phi) is 9.57. The highest BCUT2D eigenvalue weighted by atomic mass is 16.5. The van der Waals surface area contributed by atoms with Crippen molar-refractivity contribution in [2.75, 3.05) is 39.5 Å². The smallest absolute Gasteiger partial charge is 0.220 e. The molecule has 6 nitrogen and oxygen atoms in total. The lowest BCUT2D eigenvalue weighted by Gasteiger charge is -2.24. The van der Waals surface area contributed by atoms with E-state index >= 15 is 0 Å². The van der Waals surface area contributed by atoms with E-state index in [-0.39, 0.29) is 11.9 Å². The van der Waals surface area contributed by atoms with Gasteiger partial charge < -0.3 is 25.2 Å². The molecule has 0 bridgehead atoms. The van der Waals surface area contributed by atoms with Gasteiger partial charge in [-0.05, 0) is 12.8 Å². The Bertz CT molecular complexity index is 254. The van der Waals surface area contributed by atoms with Gasteiger partial charge in [0.2, 0.25) is 5.91 Å². The van der Waals surface area contributed by atoms with Gasteiger partial charge in [0.15, 0.2) is 0 Å². The van der Waals surface area contributed by atoms with Crippen LogP contribution in [0.5, 0.6) is 0 Å². The van der Waals surface area contributed by atoms with Gasteiger partial charge in [-0.25, -0.2) is 0 Å². The number of hydrogen-bond donors (Lipinski definition) is 3. The summed E-state index contributed by atoms with van der Waals surface area (Å²) < 4.78 is 10.7. The molecule has 0 radical (unpaired) electrons. The first kappa shape index (κ1) is 17.4. The molecule has 1 rings (SSSR count). The third kappa shape index (κ3) is 8.47. The third-order valence-corrected chi connectivity index (χ3v) is 3.23. The van der Waals surface area contributed by atoms with E-state index in [1.165, 1.54) is 0 Å². The van der Waals surface area contributed by atoms with Crippen molar-refractivity contribution in [1.82, 2.24) is 10.6 Å². The minimum atomic E-state index is -0.525. The number of aliphatic hydroxyl groups excluding tert-OH is 1. The van der Waals surface area contributed by atoms with Crippen molar-refractivity contribution >= 4 is 5.91 Å². The molecule has 3 N–H and O–H groups in total. The maximum absolute atomic E-state index is 11.0. The van der Waals surface area contributed by atoms with Gasteiger partial charge in [-0.3, -0.25) is 4.79 Å². The molecule has 1 aliphatic rings. The van der Waals surface area contributed by atoms with E-state index in [4.69, 9.17) is 9.47 Å². The highest BCUT2D eigenvalue weighted by Gasteiger charge is 2.18. The van der Waals surface area contributed by atoms with Crippen LogP contribution in [0.15, 0.2) is 0 Å². The Hall–Kier alpha value is -0.690. The number of amides is 1. The van der Waals surface area contributed by atoms with E-state index in [1.54, 1.807) is 0 Å². The fraction of sp³-hybridized carbons (Fsp3) is 0.929. The standard InChI is InChI=1S/C14H28N2O4/c1-2-3-6-19-7-8-20-11-13(17)10-15-12-4-5-14(18)16-9-12/h12-13,15,17H,2-11H2,1H3,(H,16,18). The highest BCUT2D eigenvalue weighted by molar-refractivity contribution is 5.76. The summed E-state index contributed by atoms with van der Waals surface area (Å²) in [5.74, 6) is 0.106. The number of carbonyl (C=O) groups is 1. The molecule has 2 unspecified atom stereocenters. The third-order valence-electron chi connectivity index (χ3n) is 3.23. The quantitative estimate of drug-likeness (QED) is 0.468. The molecule has 0 aromatic heterocycles. The number of rotatable bonds is 11. The molecule has 0 aromatic carbocycles. The van der Waals surface area contributed by atoms with Crippen molar-refractivity contribution in [2.24, 2.45) is 0 Å². The molecular formula is C14H28N2O4. The van der Waals surface area contributed by atoms with Crippen LogP contribution in [0, 0.1) is 0 Å². The average Bonchev–Trinajstić information content (AvgIpc) is 2.46. The lowest BCUT2D eigenvalue weighted by Crippen LogP contribution is -2.48. The zero-order valence-corrected chi connectivity index (χ0v) is 12.4. The lowest BCUT2D eigenvalue weighted by molar-refractivity contribution is -0.122. The second-order valence-corrected chi connectivity index (χ2v) is 5.14. The minimum absolute atomic E-state index is 0.106. The molecule has 1 amide bonds. The normalized spacial score (nSPS) is 20.7. The largest absolute Gasteiger partial charge is 0.389 e. The topological polar surface area (TPSA) is 79.8 Å². The number of hydrogen-bond acceptors (Lipinski definition) is 5. The molecule has 6 heteroatoms. The molecule has 0 saturated carbocycles. The molecule has 118 valence electrons. The zero-order chi connectivity index (χ0) is 14.6. The van der Waals surface area contributed by atoms with Crippen LogP contribution >= 0.6 is 0 Å². The van der Waals surface area contributed by atoms with E-state index in [1.807, 2.05) is 0 Å². The van der Waals surface area contributed by atoms with Crippen molar-refractivity contribution in [3.05, 3.63) is 0 Å². The number of ether oxygens (including phenoxy) is 2. The average molecular weight is 288 g/mol. The molecule has 0 aromatic rings. The molecule has 20 heavy (non-hydrogen) atoms. The van der Waals surface area contributed by atoms with Gasteiger partial charge in [0.25, 0.3) is 0 Å². The number of piperidine rings is 1. The van der Waals surface area contributed by atoms with Gasteiger partial charge in [0.05, 0.1) is 25.9 Å². The summed E-state index contributed by atoms with van der Waals surface area (Å²) in [6.45, 7) is 5.42. The van der Waals surface area contributed by atoms with Crippen LogP contribution in [-0.2, 0) is 14.3 Å². The predicted molar refractivity (Wildman–Crippen MR) is 76.6 cm³/mol. The van der Waals surface area contributed by atoms with Crippen LogP contribution < -0.4 is 10.6 Å². The van der Waals surface area contributed by atoms with Gasteiger partial charge >= 0.3 is 0 Å². The van der Waals surface area contributed by atoms with E-state index in [0.717, 1.165) is 25.9 Å². The summed E-state index contributed by atoms with van der Waals surface area (Å²) in [6, 6.07) is 0.250. The van der Waals surface area contributed by atoms with Gasteiger partial charge in [-0.1, -0.05) is 13.3 Å². The van der Waals surface area contributed by atoms with Crippen molar-refractivity contribution in [3.63, 3.8) is 0 Å². The summed E-state index contributed by atoms with van der Waals surface area (Å²) in [7, 11) is 0. The van der Waals surface area contributed by atoms with E-state index in [9.17, 15) is 9.90 Å². The Morgan fingerprint density at radius 3 is 2.90 bits per heavy atom. The first-order valence-electron chi connectivity index (χ1n) is 7.56. The summed E-state index contributed by atoms with van der Waals surface area (Å²) in [5, 5.41) is 15.8. The molecule has 1 fully saturated rings. The Morgan fingerprint density at radius 2 is 2.20 bits per heavy atom. The maximum atomic E-state index is 11.0. The van der Waals surface area contributed by atoms with Gasteiger partial charge in [0, 0.05) is 32.2 Å². The van der Waals surface area contributed by atoms with Gasteiger partial charge in [-0.2, -0.15) is 0 Å². The molecule has 1 heterocycles. The van der Waals surface area contributed by atoms with Crippen LogP contribution in [0.4, 0.5) is 0 Å². The van der Waals surface area contributed by atoms with E-state index in [2.05, 4.69) is 17.6 Å². The van der Waals surface area contributed by atoms with Crippen molar-refractivity contribution in [2.45, 2.75) is 44.8 Å². The first-order chi connectivity index (χ1) is 9.72. The fourth-order valence-corrected chi connectivity index (χ4v) is 1.95. The second kappa shape index (κ2) is 11.0. The predicted octanol–water partition coefficient (Wildman–Crippen LogP) is 0.0488. The fourth-order valence-electron chi connectivity index (χ4n) is 1.95. The van der Waals surface area contributed by atoms with Gasteiger partial charge in [-0.15, -0.1) is 0 Å². The summed E-state index contributed by atoms with van der Waals surface area (Å²) in [4.78, 5) is 11.0. The number of unbranched alkanes of at least 4 members (excludes halogenated alkanes) is 1. The SMILES string of the molecule is CCCCOCCOCC(O)CNC1CCC(=O)NC1. The second-order valence-electron chi connectivity index (χ2n) is 5.14. The summed E-state index contributed by atoms with van der Waals surface area (Å²) >= 11 is 0. The van der Waals surface area contributed by atoms with E-state index in [0.29, 0.717) is 39.3 Å². The van der Waals surface area contributed by atoms with Crippen LogP contribution in [-0.4, -0.2) is 62.7 Å². The van der Waals surface area contributed by atoms with Crippen LogP contribution in [0.1, 0.15) is 32.6 Å². The van der Waals surface area contributed by atoms with Crippen molar-refractivity contribution in [3.8, 4) is 0 Å². The van der Waals surface area contributed by atoms with Crippen molar-refractivity contribution < 1.29 is 19.4 Å². The van der Waals surface area contributed by atoms with Crippen LogP contribution in [0.25, 0.3) is 0 Å². The maximum Gasteiger partial charge on any atom is 0.220 e. The molecule has 0 aliphatic carbocycles. The highest BCUT2D eigenvalue weighted by Crippen LogP contribution is 2.02. The zero-order valence-electron chi connectivity index (χ0n) is 12.4. The monoisotopic (exact) mass is 288 g/mol. The molecule has 1 aliphatic heterocycles. The Morgan fingerprint density at radius 1 is 1.40 bits per heavy atom. The number of aliphatic hydroxyl groups is 1. The number of nitrogens with one attached hydrogen (secondary N) is 2. The van der Waals surface area contributed by atoms with Crippen molar-refractivity contribution in [1.29, 1.82) is 0 Å². The number of carbonyl (C=O) groups excluding carboxylic acids is 1. The molecule has 1 saturated heterocycles. The van der Waals surface area contributed by atoms with Crippen LogP contribution in [0.2, 0.25) is 0 Å². The van der Waals surface area contributed by atoms with E-state index < -0.39 is 6.10 Å². The summed E-state index contributed by atoms with van der Waals surface area (Å²) in [6.07, 6.45) is 3.06.